The van der Waals surface area contributed by atoms with E-state index in [0.29, 0.717) is 6.42 Å². The second-order valence-corrected chi connectivity index (χ2v) is 11.7. The van der Waals surface area contributed by atoms with Crippen molar-refractivity contribution in [3.63, 3.8) is 0 Å². The largest absolute Gasteiger partial charge is 0.461 e. The maximum absolute atomic E-state index is 13.5. The molecule has 0 unspecified atom stereocenters. The minimum absolute atomic E-state index is 0.0578. The van der Waals surface area contributed by atoms with Gasteiger partial charge in [0.1, 0.15) is 12.4 Å². The Kier molecular flexibility index (Phi) is 9.45. The Morgan fingerprint density at radius 3 is 2.12 bits per heavy atom. The number of esters is 2. The van der Waals surface area contributed by atoms with Crippen molar-refractivity contribution in [2.75, 3.05) is 0 Å². The van der Waals surface area contributed by atoms with Crippen molar-refractivity contribution in [2.45, 2.75) is 72.8 Å². The molecule has 0 amide bonds. The minimum Gasteiger partial charge on any atom is -0.461 e. The molecule has 0 aliphatic carbocycles. The Labute approximate surface area is 235 Å². The van der Waals surface area contributed by atoms with Crippen molar-refractivity contribution >= 4 is 17.7 Å². The summed E-state index contributed by atoms with van der Waals surface area (Å²) in [7, 11) is 1.48. The lowest BCUT2D eigenvalue weighted by Crippen LogP contribution is -2.37. The monoisotopic (exact) mass is 546 g/mol. The zero-order valence-corrected chi connectivity index (χ0v) is 24.4. The summed E-state index contributed by atoms with van der Waals surface area (Å²) in [6.07, 6.45) is 0.397. The Balaban J connectivity index is 1.94. The predicted molar refractivity (Wildman–Crippen MR) is 152 cm³/mol. The molecule has 0 saturated heterocycles. The molecule has 0 aliphatic heterocycles. The average Bonchev–Trinajstić information content (AvgIpc) is 2.89. The van der Waals surface area contributed by atoms with E-state index in [1.54, 1.807) is 34.6 Å². The van der Waals surface area contributed by atoms with Crippen LogP contribution in [-0.4, -0.2) is 27.3 Å². The Morgan fingerprint density at radius 1 is 0.900 bits per heavy atom. The summed E-state index contributed by atoms with van der Waals surface area (Å²) in [6.45, 7) is 10.6. The summed E-state index contributed by atoms with van der Waals surface area (Å²) in [5, 5.41) is 0. The molecule has 0 fully saturated rings. The van der Waals surface area contributed by atoms with E-state index in [2.05, 4.69) is 4.98 Å². The van der Waals surface area contributed by atoms with Crippen molar-refractivity contribution in [3.8, 4) is 5.75 Å². The lowest BCUT2D eigenvalue weighted by Gasteiger charge is -2.26. The number of hydrogen-bond donors (Lipinski definition) is 0. The molecular formula is C32H38N2O6. The van der Waals surface area contributed by atoms with Crippen LogP contribution >= 0.6 is 0 Å². The second-order valence-electron chi connectivity index (χ2n) is 11.7. The highest BCUT2D eigenvalue weighted by Crippen LogP contribution is 2.28. The number of carbonyl (C=O) groups is 3. The molecular weight excluding hydrogens is 508 g/mol. The van der Waals surface area contributed by atoms with Gasteiger partial charge < -0.3 is 9.47 Å². The molecule has 0 aliphatic rings. The van der Waals surface area contributed by atoms with E-state index in [1.165, 1.54) is 11.6 Å². The molecule has 212 valence electrons. The molecule has 0 atom stereocenters. The molecule has 8 nitrogen and oxygen atoms in total. The fourth-order valence-corrected chi connectivity index (χ4v) is 4.07. The van der Waals surface area contributed by atoms with Crippen molar-refractivity contribution in [2.24, 2.45) is 12.5 Å². The highest BCUT2D eigenvalue weighted by atomic mass is 16.5. The molecule has 1 heterocycles. The Morgan fingerprint density at radius 2 is 1.52 bits per heavy atom. The van der Waals surface area contributed by atoms with Crippen LogP contribution in [0, 0.1) is 12.3 Å². The van der Waals surface area contributed by atoms with Crippen LogP contribution in [0.2, 0.25) is 0 Å². The number of benzene rings is 2. The third kappa shape index (κ3) is 7.74. The number of aryl methyl sites for hydroxylation is 2. The fraction of sp³-hybridized carbons (Fsp3) is 0.406. The van der Waals surface area contributed by atoms with Crippen molar-refractivity contribution in [1.82, 2.24) is 9.55 Å². The van der Waals surface area contributed by atoms with Gasteiger partial charge in [0, 0.05) is 18.9 Å². The highest BCUT2D eigenvalue weighted by molar-refractivity contribution is 5.97. The quantitative estimate of drug-likeness (QED) is 0.252. The van der Waals surface area contributed by atoms with Gasteiger partial charge in [0.15, 0.2) is 11.5 Å². The lowest BCUT2D eigenvalue weighted by molar-refractivity contribution is -0.146. The summed E-state index contributed by atoms with van der Waals surface area (Å²) >= 11 is 0. The first-order valence-electron chi connectivity index (χ1n) is 13.3. The average molecular weight is 547 g/mol. The van der Waals surface area contributed by atoms with Crippen LogP contribution in [0.25, 0.3) is 0 Å². The van der Waals surface area contributed by atoms with Crippen molar-refractivity contribution in [1.29, 1.82) is 0 Å². The summed E-state index contributed by atoms with van der Waals surface area (Å²) in [5.74, 6) is -1.75. The highest BCUT2D eigenvalue weighted by Gasteiger charge is 2.34. The van der Waals surface area contributed by atoms with E-state index in [-0.39, 0.29) is 31.0 Å². The molecule has 8 heteroatoms. The van der Waals surface area contributed by atoms with Crippen LogP contribution in [0.4, 0.5) is 0 Å². The standard InChI is InChI=1S/C32H38N2O6/c1-21-13-15-22(16-14-21)17-18-24(35)26-27(40-30(38)31(2,3)4)28(37)34(7)29(33-26)32(5,6)19-25(36)39-20-23-11-9-8-10-12-23/h8-16H,17-20H2,1-7H3. The van der Waals surface area contributed by atoms with E-state index in [4.69, 9.17) is 9.47 Å². The molecule has 2 aromatic carbocycles. The van der Waals surface area contributed by atoms with Crippen LogP contribution in [0.15, 0.2) is 59.4 Å². The van der Waals surface area contributed by atoms with Crippen molar-refractivity contribution < 1.29 is 23.9 Å². The third-order valence-electron chi connectivity index (χ3n) is 6.52. The Bertz CT molecular complexity index is 1430. The summed E-state index contributed by atoms with van der Waals surface area (Å²) in [5.41, 5.74) is 0.145. The molecule has 40 heavy (non-hydrogen) atoms. The topological polar surface area (TPSA) is 105 Å². The number of Topliss-reactive ketones (excluding diaryl/α,β-unsaturated/α-hetero) is 1. The van der Waals surface area contributed by atoms with Crippen LogP contribution in [0.3, 0.4) is 0 Å². The first-order valence-corrected chi connectivity index (χ1v) is 13.3. The molecule has 0 radical (unpaired) electrons. The fourth-order valence-electron chi connectivity index (χ4n) is 4.07. The van der Waals surface area contributed by atoms with Crippen LogP contribution in [0.1, 0.15) is 80.5 Å². The number of carbonyl (C=O) groups excluding carboxylic acids is 3. The van der Waals surface area contributed by atoms with E-state index >= 15 is 0 Å². The Hall–Kier alpha value is -4.07. The first kappa shape index (κ1) is 30.5. The second kappa shape index (κ2) is 12.4. The van der Waals surface area contributed by atoms with Crippen LogP contribution in [0.5, 0.6) is 5.75 Å². The molecule has 0 bridgehead atoms. The van der Waals surface area contributed by atoms with Gasteiger partial charge >= 0.3 is 11.9 Å². The van der Waals surface area contributed by atoms with Crippen molar-refractivity contribution in [3.05, 3.63) is 93.2 Å². The zero-order valence-electron chi connectivity index (χ0n) is 24.4. The SMILES string of the molecule is Cc1ccc(CCC(=O)c2nc(C(C)(C)CC(=O)OCc3ccccc3)n(C)c(=O)c2OC(=O)C(C)(C)C)cc1. The van der Waals surface area contributed by atoms with Gasteiger partial charge in [0.25, 0.3) is 5.56 Å². The van der Waals surface area contributed by atoms with Gasteiger partial charge in [-0.2, -0.15) is 0 Å². The molecule has 0 spiro atoms. The number of nitrogens with zero attached hydrogens (tertiary/aromatic N) is 2. The summed E-state index contributed by atoms with van der Waals surface area (Å²) < 4.78 is 12.2. The van der Waals surface area contributed by atoms with Gasteiger partial charge in [-0.3, -0.25) is 23.7 Å². The number of aromatic nitrogens is 2. The number of ether oxygens (including phenoxy) is 2. The maximum Gasteiger partial charge on any atom is 0.316 e. The predicted octanol–water partition coefficient (Wildman–Crippen LogP) is 5.27. The molecule has 3 aromatic rings. The summed E-state index contributed by atoms with van der Waals surface area (Å²) in [6, 6.07) is 17.1. The van der Waals surface area contributed by atoms with Gasteiger partial charge in [-0.25, -0.2) is 4.98 Å². The normalized spacial score (nSPS) is 11.7. The smallest absolute Gasteiger partial charge is 0.316 e. The van der Waals surface area contributed by atoms with E-state index in [0.717, 1.165) is 16.7 Å². The molecule has 0 N–H and O–H groups in total. The molecule has 3 rings (SSSR count). The van der Waals surface area contributed by atoms with E-state index < -0.39 is 39.9 Å². The van der Waals surface area contributed by atoms with Gasteiger partial charge in [0.05, 0.1) is 11.8 Å². The maximum atomic E-state index is 13.5. The first-order chi connectivity index (χ1) is 18.7. The number of ketones is 1. The molecule has 1 aromatic heterocycles. The number of rotatable bonds is 10. The van der Waals surface area contributed by atoms with Gasteiger partial charge in [-0.05, 0) is 45.2 Å². The van der Waals surface area contributed by atoms with E-state index in [1.807, 2.05) is 61.5 Å². The van der Waals surface area contributed by atoms with Crippen LogP contribution in [-0.2, 0) is 39.8 Å². The van der Waals surface area contributed by atoms with Gasteiger partial charge in [-0.1, -0.05) is 74.0 Å². The van der Waals surface area contributed by atoms with Crippen LogP contribution < -0.4 is 10.3 Å². The number of hydrogen-bond acceptors (Lipinski definition) is 7. The van der Waals surface area contributed by atoms with Gasteiger partial charge in [-0.15, -0.1) is 0 Å². The lowest BCUT2D eigenvalue weighted by atomic mass is 9.87. The third-order valence-corrected chi connectivity index (χ3v) is 6.52. The zero-order chi connectivity index (χ0) is 29.7. The van der Waals surface area contributed by atoms with Gasteiger partial charge in [0.2, 0.25) is 5.75 Å². The summed E-state index contributed by atoms with van der Waals surface area (Å²) in [4.78, 5) is 57.0. The molecule has 0 saturated carbocycles. The van der Waals surface area contributed by atoms with E-state index in [9.17, 15) is 19.2 Å². The minimum atomic E-state index is -0.972.